The minimum Gasteiger partial charge on any atom is -0.356 e. The molecule has 1 aliphatic carbocycles. The van der Waals surface area contributed by atoms with Crippen LogP contribution in [0.3, 0.4) is 0 Å². The van der Waals surface area contributed by atoms with Crippen LogP contribution < -0.4 is 10.6 Å². The summed E-state index contributed by atoms with van der Waals surface area (Å²) in [6.45, 7) is 7.66. The van der Waals surface area contributed by atoms with Gasteiger partial charge in [-0.15, -0.1) is 0 Å². The molecule has 1 saturated carbocycles. The van der Waals surface area contributed by atoms with Crippen molar-refractivity contribution in [1.29, 1.82) is 0 Å². The first kappa shape index (κ1) is 11.9. The van der Waals surface area contributed by atoms with Crippen molar-refractivity contribution in [2.75, 3.05) is 19.6 Å². The van der Waals surface area contributed by atoms with Gasteiger partial charge in [0.2, 0.25) is 5.91 Å². The van der Waals surface area contributed by atoms with Crippen molar-refractivity contribution in [2.45, 2.75) is 39.5 Å². The molecule has 1 heterocycles. The zero-order chi connectivity index (χ0) is 11.6. The normalized spacial score (nSPS) is 31.4. The lowest BCUT2D eigenvalue weighted by Gasteiger charge is -2.09. The van der Waals surface area contributed by atoms with E-state index in [0.29, 0.717) is 17.8 Å². The number of hydrogen-bond acceptors (Lipinski definition) is 2. The van der Waals surface area contributed by atoms with Crippen molar-refractivity contribution in [3.63, 3.8) is 0 Å². The molecule has 2 unspecified atom stereocenters. The average molecular weight is 224 g/mol. The highest BCUT2D eigenvalue weighted by atomic mass is 16.1. The van der Waals surface area contributed by atoms with E-state index in [0.717, 1.165) is 32.0 Å². The van der Waals surface area contributed by atoms with Crippen LogP contribution in [-0.4, -0.2) is 25.5 Å². The fourth-order valence-electron chi connectivity index (χ4n) is 2.55. The monoisotopic (exact) mass is 224 g/mol. The lowest BCUT2D eigenvalue weighted by Crippen LogP contribution is -2.27. The highest BCUT2D eigenvalue weighted by Gasteiger charge is 2.45. The molecule has 1 aliphatic heterocycles. The van der Waals surface area contributed by atoms with Gasteiger partial charge in [0.25, 0.3) is 0 Å². The average Bonchev–Trinajstić information content (AvgIpc) is 2.70. The van der Waals surface area contributed by atoms with Gasteiger partial charge in [-0.2, -0.15) is 0 Å². The van der Waals surface area contributed by atoms with Crippen LogP contribution in [0.4, 0.5) is 0 Å². The Kier molecular flexibility index (Phi) is 3.53. The quantitative estimate of drug-likeness (QED) is 0.743. The van der Waals surface area contributed by atoms with Gasteiger partial charge in [0.05, 0.1) is 0 Å². The van der Waals surface area contributed by atoms with Gasteiger partial charge in [0, 0.05) is 13.0 Å². The van der Waals surface area contributed by atoms with Gasteiger partial charge < -0.3 is 10.6 Å². The van der Waals surface area contributed by atoms with E-state index in [1.807, 2.05) is 0 Å². The Morgan fingerprint density at radius 2 is 2.25 bits per heavy atom. The van der Waals surface area contributed by atoms with Crippen LogP contribution in [-0.2, 0) is 4.79 Å². The number of amides is 1. The van der Waals surface area contributed by atoms with E-state index in [1.165, 1.54) is 12.8 Å². The highest BCUT2D eigenvalue weighted by molar-refractivity contribution is 5.75. The van der Waals surface area contributed by atoms with Crippen LogP contribution in [0.5, 0.6) is 0 Å². The molecule has 1 amide bonds. The molecule has 0 radical (unpaired) electrons. The molecule has 2 N–H and O–H groups in total. The van der Waals surface area contributed by atoms with Gasteiger partial charge in [0.1, 0.15) is 0 Å². The molecular formula is C13H24N2O. The molecule has 2 rings (SSSR count). The van der Waals surface area contributed by atoms with E-state index < -0.39 is 0 Å². The molecule has 3 nitrogen and oxygen atoms in total. The second kappa shape index (κ2) is 4.74. The van der Waals surface area contributed by atoms with Gasteiger partial charge in [-0.1, -0.05) is 13.8 Å². The van der Waals surface area contributed by atoms with Crippen LogP contribution in [0, 0.1) is 17.3 Å². The van der Waals surface area contributed by atoms with Crippen molar-refractivity contribution >= 4 is 5.91 Å². The molecule has 2 atom stereocenters. The predicted molar refractivity (Wildman–Crippen MR) is 65.1 cm³/mol. The zero-order valence-corrected chi connectivity index (χ0v) is 10.5. The van der Waals surface area contributed by atoms with Crippen molar-refractivity contribution in [3.05, 3.63) is 0 Å². The largest absolute Gasteiger partial charge is 0.356 e. The third-order valence-corrected chi connectivity index (χ3v) is 4.21. The van der Waals surface area contributed by atoms with E-state index in [2.05, 4.69) is 24.5 Å². The van der Waals surface area contributed by atoms with E-state index in [4.69, 9.17) is 0 Å². The molecule has 92 valence electrons. The SMILES string of the molecule is CC1(C)CC1CNC(=O)CCC1CCNC1. The van der Waals surface area contributed by atoms with Crippen LogP contribution in [0.25, 0.3) is 0 Å². The Balaban J connectivity index is 1.54. The molecule has 2 aliphatic rings. The zero-order valence-electron chi connectivity index (χ0n) is 10.5. The van der Waals surface area contributed by atoms with Gasteiger partial charge in [-0.25, -0.2) is 0 Å². The fourth-order valence-corrected chi connectivity index (χ4v) is 2.55. The van der Waals surface area contributed by atoms with Crippen LogP contribution in [0.1, 0.15) is 39.5 Å². The van der Waals surface area contributed by atoms with E-state index in [1.54, 1.807) is 0 Å². The molecular weight excluding hydrogens is 200 g/mol. The molecule has 16 heavy (non-hydrogen) atoms. The second-order valence-electron chi connectivity index (χ2n) is 6.09. The first-order valence-electron chi connectivity index (χ1n) is 6.55. The molecule has 0 aromatic rings. The van der Waals surface area contributed by atoms with Crippen molar-refractivity contribution in [3.8, 4) is 0 Å². The lowest BCUT2D eigenvalue weighted by molar-refractivity contribution is -0.121. The number of rotatable bonds is 5. The summed E-state index contributed by atoms with van der Waals surface area (Å²) >= 11 is 0. The maximum Gasteiger partial charge on any atom is 0.220 e. The van der Waals surface area contributed by atoms with Crippen LogP contribution in [0.15, 0.2) is 0 Å². The van der Waals surface area contributed by atoms with Gasteiger partial charge >= 0.3 is 0 Å². The lowest BCUT2D eigenvalue weighted by atomic mass is 10.0. The van der Waals surface area contributed by atoms with Crippen LogP contribution >= 0.6 is 0 Å². The maximum absolute atomic E-state index is 11.6. The summed E-state index contributed by atoms with van der Waals surface area (Å²) in [5.74, 6) is 1.68. The summed E-state index contributed by atoms with van der Waals surface area (Å²) in [6, 6.07) is 0. The highest BCUT2D eigenvalue weighted by Crippen LogP contribution is 2.50. The van der Waals surface area contributed by atoms with Crippen LogP contribution in [0.2, 0.25) is 0 Å². The molecule has 0 bridgehead atoms. The first-order valence-corrected chi connectivity index (χ1v) is 6.55. The molecule has 1 saturated heterocycles. The Morgan fingerprint density at radius 1 is 1.50 bits per heavy atom. The van der Waals surface area contributed by atoms with Gasteiger partial charge in [-0.3, -0.25) is 4.79 Å². The maximum atomic E-state index is 11.6. The summed E-state index contributed by atoms with van der Waals surface area (Å²) < 4.78 is 0. The Labute approximate surface area is 98.4 Å². The predicted octanol–water partition coefficient (Wildman–Crippen LogP) is 1.54. The number of carbonyl (C=O) groups excluding carboxylic acids is 1. The number of nitrogens with one attached hydrogen (secondary N) is 2. The molecule has 0 aromatic heterocycles. The molecule has 0 aromatic carbocycles. The summed E-state index contributed by atoms with van der Waals surface area (Å²) in [5.41, 5.74) is 0.475. The van der Waals surface area contributed by atoms with E-state index in [-0.39, 0.29) is 5.91 Å². The third-order valence-electron chi connectivity index (χ3n) is 4.21. The topological polar surface area (TPSA) is 41.1 Å². The smallest absolute Gasteiger partial charge is 0.220 e. The van der Waals surface area contributed by atoms with Crippen molar-refractivity contribution in [2.24, 2.45) is 17.3 Å². The standard InChI is InChI=1S/C13H24N2O/c1-13(2)7-11(13)9-15-12(16)4-3-10-5-6-14-8-10/h10-11,14H,3-9H2,1-2H3,(H,15,16). The second-order valence-corrected chi connectivity index (χ2v) is 6.09. The fraction of sp³-hybridized carbons (Fsp3) is 0.923. The summed E-state index contributed by atoms with van der Waals surface area (Å²) in [5, 5.41) is 6.40. The van der Waals surface area contributed by atoms with Crippen molar-refractivity contribution < 1.29 is 4.79 Å². The Morgan fingerprint density at radius 3 is 2.81 bits per heavy atom. The number of carbonyl (C=O) groups is 1. The summed E-state index contributed by atoms with van der Waals surface area (Å²) in [6.07, 6.45) is 4.26. The van der Waals surface area contributed by atoms with E-state index >= 15 is 0 Å². The molecule has 3 heteroatoms. The third kappa shape index (κ3) is 3.21. The van der Waals surface area contributed by atoms with E-state index in [9.17, 15) is 4.79 Å². The minimum absolute atomic E-state index is 0.245. The minimum atomic E-state index is 0.245. The molecule has 0 spiro atoms. The Hall–Kier alpha value is -0.570. The van der Waals surface area contributed by atoms with Gasteiger partial charge in [-0.05, 0) is 49.6 Å². The van der Waals surface area contributed by atoms with Gasteiger partial charge in [0.15, 0.2) is 0 Å². The van der Waals surface area contributed by atoms with Crippen molar-refractivity contribution in [1.82, 2.24) is 10.6 Å². The molecule has 2 fully saturated rings. The number of hydrogen-bond donors (Lipinski definition) is 2. The first-order chi connectivity index (χ1) is 7.58. The Bertz CT molecular complexity index is 246. The summed E-state index contributed by atoms with van der Waals surface area (Å²) in [4.78, 5) is 11.6. The summed E-state index contributed by atoms with van der Waals surface area (Å²) in [7, 11) is 0.